The van der Waals surface area contributed by atoms with E-state index in [1.54, 1.807) is 0 Å². The number of esters is 1. The van der Waals surface area contributed by atoms with Crippen molar-refractivity contribution in [2.75, 3.05) is 6.61 Å². The Kier molecular flexibility index (Phi) is 5.75. The summed E-state index contributed by atoms with van der Waals surface area (Å²) in [6.07, 6.45) is 2.60. The summed E-state index contributed by atoms with van der Waals surface area (Å²) in [6.45, 7) is 6.53. The third kappa shape index (κ3) is 4.59. The molecule has 0 fully saturated rings. The molecular weight excluding hydrogens is 212 g/mol. The molecule has 1 aromatic rings. The lowest BCUT2D eigenvalue weighted by atomic mass is 9.91. The molecule has 1 rings (SSSR count). The topological polar surface area (TPSA) is 26.3 Å². The molecule has 0 amide bonds. The van der Waals surface area contributed by atoms with Crippen LogP contribution >= 0.6 is 0 Å². The van der Waals surface area contributed by atoms with Crippen LogP contribution in [0.15, 0.2) is 24.3 Å². The lowest BCUT2D eigenvalue weighted by molar-refractivity contribution is -0.143. The molecule has 0 aliphatic heterocycles. The van der Waals surface area contributed by atoms with Gasteiger partial charge in [0.2, 0.25) is 0 Å². The first-order valence-electron chi connectivity index (χ1n) is 6.39. The van der Waals surface area contributed by atoms with E-state index in [1.165, 1.54) is 11.1 Å². The van der Waals surface area contributed by atoms with Crippen molar-refractivity contribution >= 4 is 5.97 Å². The number of hydrogen-bond donors (Lipinski definition) is 0. The minimum absolute atomic E-state index is 0.0912. The fraction of sp³-hybridized carbons (Fsp3) is 0.533. The number of ether oxygens (including phenoxy) is 1. The summed E-state index contributed by atoms with van der Waals surface area (Å²) in [6, 6.07) is 8.44. The second kappa shape index (κ2) is 7.10. The predicted molar refractivity (Wildman–Crippen MR) is 70.1 cm³/mol. The zero-order chi connectivity index (χ0) is 12.7. The average Bonchev–Trinajstić information content (AvgIpc) is 2.30. The molecule has 0 unspecified atom stereocenters. The minimum atomic E-state index is -0.0912. The minimum Gasteiger partial charge on any atom is -0.466 e. The fourth-order valence-corrected chi connectivity index (χ4v) is 1.99. The highest BCUT2D eigenvalue weighted by molar-refractivity contribution is 5.70. The summed E-state index contributed by atoms with van der Waals surface area (Å²) >= 11 is 0. The molecule has 1 atom stereocenters. The summed E-state index contributed by atoms with van der Waals surface area (Å²) in [7, 11) is 0. The summed E-state index contributed by atoms with van der Waals surface area (Å²) in [5.74, 6) is 0.200. The number of carbonyl (C=O) groups is 1. The van der Waals surface area contributed by atoms with Crippen molar-refractivity contribution in [3.8, 4) is 0 Å². The Hall–Kier alpha value is -1.31. The first-order valence-corrected chi connectivity index (χ1v) is 6.39. The van der Waals surface area contributed by atoms with Crippen LogP contribution < -0.4 is 0 Å². The van der Waals surface area contributed by atoms with E-state index < -0.39 is 0 Å². The van der Waals surface area contributed by atoms with Crippen LogP contribution in [0.2, 0.25) is 0 Å². The molecule has 0 bridgehead atoms. The van der Waals surface area contributed by atoms with Gasteiger partial charge in [0, 0.05) is 0 Å². The van der Waals surface area contributed by atoms with Crippen molar-refractivity contribution in [1.82, 2.24) is 0 Å². The van der Waals surface area contributed by atoms with Gasteiger partial charge in [-0.3, -0.25) is 4.79 Å². The van der Waals surface area contributed by atoms with Crippen molar-refractivity contribution in [3.05, 3.63) is 35.4 Å². The summed E-state index contributed by atoms with van der Waals surface area (Å²) in [5, 5.41) is 0. The third-order valence-electron chi connectivity index (χ3n) is 2.90. The third-order valence-corrected chi connectivity index (χ3v) is 2.90. The predicted octanol–water partition coefficient (Wildman–Crippen LogP) is 3.83. The molecule has 0 aliphatic carbocycles. The number of hydrogen-bond acceptors (Lipinski definition) is 2. The largest absolute Gasteiger partial charge is 0.466 e. The van der Waals surface area contributed by atoms with E-state index in [2.05, 4.69) is 38.1 Å². The summed E-state index contributed by atoms with van der Waals surface area (Å²) in [4.78, 5) is 11.5. The van der Waals surface area contributed by atoms with Gasteiger partial charge in [0.05, 0.1) is 13.0 Å². The van der Waals surface area contributed by atoms with E-state index >= 15 is 0 Å². The SMILES string of the molecule is CCC[C@@H](CC(=O)OCC)c1ccc(C)cc1. The molecule has 1 aromatic carbocycles. The Morgan fingerprint density at radius 3 is 2.41 bits per heavy atom. The average molecular weight is 234 g/mol. The molecule has 2 heteroatoms. The summed E-state index contributed by atoms with van der Waals surface area (Å²) < 4.78 is 5.02. The van der Waals surface area contributed by atoms with Gasteiger partial charge in [0.25, 0.3) is 0 Å². The zero-order valence-corrected chi connectivity index (χ0v) is 11.0. The number of rotatable bonds is 6. The van der Waals surface area contributed by atoms with Crippen LogP contribution in [0.1, 0.15) is 50.2 Å². The van der Waals surface area contributed by atoms with Gasteiger partial charge in [-0.25, -0.2) is 0 Å². The van der Waals surface area contributed by atoms with Crippen LogP contribution in [0, 0.1) is 6.92 Å². The molecule has 17 heavy (non-hydrogen) atoms. The first-order chi connectivity index (χ1) is 8.17. The molecule has 0 spiro atoms. The molecule has 0 aromatic heterocycles. The highest BCUT2D eigenvalue weighted by Gasteiger charge is 2.15. The van der Waals surface area contributed by atoms with E-state index in [9.17, 15) is 4.79 Å². The van der Waals surface area contributed by atoms with Crippen LogP contribution in [-0.2, 0) is 9.53 Å². The highest BCUT2D eigenvalue weighted by Crippen LogP contribution is 2.25. The maximum atomic E-state index is 11.5. The lowest BCUT2D eigenvalue weighted by Gasteiger charge is -2.15. The molecule has 0 saturated heterocycles. The molecular formula is C15H22O2. The highest BCUT2D eigenvalue weighted by atomic mass is 16.5. The maximum absolute atomic E-state index is 11.5. The van der Waals surface area contributed by atoms with Gasteiger partial charge in [-0.05, 0) is 31.7 Å². The van der Waals surface area contributed by atoms with Gasteiger partial charge < -0.3 is 4.74 Å². The second-order valence-corrected chi connectivity index (χ2v) is 4.41. The Balaban J connectivity index is 2.71. The van der Waals surface area contributed by atoms with Gasteiger partial charge in [0.15, 0.2) is 0 Å². The Morgan fingerprint density at radius 2 is 1.88 bits per heavy atom. The van der Waals surface area contributed by atoms with E-state index in [4.69, 9.17) is 4.74 Å². The Labute approximate surface area is 104 Å². The van der Waals surface area contributed by atoms with Gasteiger partial charge in [-0.1, -0.05) is 43.2 Å². The number of carbonyl (C=O) groups excluding carboxylic acids is 1. The fourth-order valence-electron chi connectivity index (χ4n) is 1.99. The molecule has 0 aliphatic rings. The quantitative estimate of drug-likeness (QED) is 0.699. The molecule has 0 heterocycles. The van der Waals surface area contributed by atoms with E-state index in [0.717, 1.165) is 12.8 Å². The monoisotopic (exact) mass is 234 g/mol. The van der Waals surface area contributed by atoms with E-state index in [0.29, 0.717) is 18.9 Å². The molecule has 0 radical (unpaired) electrons. The van der Waals surface area contributed by atoms with Crippen LogP contribution in [0.4, 0.5) is 0 Å². The lowest BCUT2D eigenvalue weighted by Crippen LogP contribution is -2.10. The smallest absolute Gasteiger partial charge is 0.306 e. The van der Waals surface area contributed by atoms with Crippen molar-refractivity contribution in [1.29, 1.82) is 0 Å². The second-order valence-electron chi connectivity index (χ2n) is 4.41. The van der Waals surface area contributed by atoms with Crippen molar-refractivity contribution in [2.24, 2.45) is 0 Å². The van der Waals surface area contributed by atoms with E-state index in [-0.39, 0.29) is 5.97 Å². The Morgan fingerprint density at radius 1 is 1.24 bits per heavy atom. The Bertz CT molecular complexity index is 340. The van der Waals surface area contributed by atoms with Crippen molar-refractivity contribution in [2.45, 2.75) is 46.0 Å². The molecule has 0 saturated carbocycles. The first kappa shape index (κ1) is 13.8. The maximum Gasteiger partial charge on any atom is 0.306 e. The van der Waals surface area contributed by atoms with Gasteiger partial charge >= 0.3 is 5.97 Å². The summed E-state index contributed by atoms with van der Waals surface area (Å²) in [5.41, 5.74) is 2.49. The van der Waals surface area contributed by atoms with Crippen LogP contribution in [0.25, 0.3) is 0 Å². The standard InChI is InChI=1S/C15H22O2/c1-4-6-14(11-15(16)17-5-2)13-9-7-12(3)8-10-13/h7-10,14H,4-6,11H2,1-3H3/t14-/m0/s1. The number of aryl methyl sites for hydroxylation is 1. The molecule has 2 nitrogen and oxygen atoms in total. The zero-order valence-electron chi connectivity index (χ0n) is 11.0. The van der Waals surface area contributed by atoms with E-state index in [1.807, 2.05) is 6.92 Å². The van der Waals surface area contributed by atoms with Crippen LogP contribution in [0.5, 0.6) is 0 Å². The van der Waals surface area contributed by atoms with Crippen molar-refractivity contribution in [3.63, 3.8) is 0 Å². The van der Waals surface area contributed by atoms with Gasteiger partial charge in [0.1, 0.15) is 0 Å². The number of benzene rings is 1. The molecule has 0 N–H and O–H groups in total. The normalized spacial score (nSPS) is 12.2. The molecule has 94 valence electrons. The van der Waals surface area contributed by atoms with Gasteiger partial charge in [-0.15, -0.1) is 0 Å². The van der Waals surface area contributed by atoms with Gasteiger partial charge in [-0.2, -0.15) is 0 Å². The van der Waals surface area contributed by atoms with Crippen molar-refractivity contribution < 1.29 is 9.53 Å². The van der Waals surface area contributed by atoms with Crippen LogP contribution in [0.3, 0.4) is 0 Å². The van der Waals surface area contributed by atoms with Crippen LogP contribution in [-0.4, -0.2) is 12.6 Å².